The monoisotopic (exact) mass is 390 g/mol. The molecule has 0 saturated carbocycles. The van der Waals surface area contributed by atoms with Gasteiger partial charge in [0.1, 0.15) is 0 Å². The summed E-state index contributed by atoms with van der Waals surface area (Å²) in [6.07, 6.45) is 6.37. The highest BCUT2D eigenvalue weighted by molar-refractivity contribution is 5.80. The number of aryl methyl sites for hydroxylation is 2. The molecule has 6 heteroatoms. The molecule has 0 aromatic carbocycles. The average Bonchev–Trinajstić information content (AvgIpc) is 2.85. The third-order valence-electron chi connectivity index (χ3n) is 6.13. The minimum absolute atomic E-state index is 0.295. The molecule has 0 aliphatic carbocycles. The van der Waals surface area contributed by atoms with E-state index < -0.39 is 0 Å². The predicted molar refractivity (Wildman–Crippen MR) is 119 cm³/mol. The van der Waals surface area contributed by atoms with Gasteiger partial charge in [-0.05, 0) is 64.6 Å². The number of hydrogen-bond acceptors (Lipinski definition) is 3. The Kier molecular flexibility index (Phi) is 8.80. The average molecular weight is 391 g/mol. The lowest BCUT2D eigenvalue weighted by molar-refractivity contribution is 0.161. The van der Waals surface area contributed by atoms with Crippen LogP contribution in [-0.4, -0.2) is 59.4 Å². The van der Waals surface area contributed by atoms with Gasteiger partial charge in [-0.15, -0.1) is 0 Å². The lowest BCUT2D eigenvalue weighted by atomic mass is 10.0. The van der Waals surface area contributed by atoms with Gasteiger partial charge in [-0.1, -0.05) is 26.7 Å². The molecule has 0 amide bonds. The van der Waals surface area contributed by atoms with Crippen molar-refractivity contribution in [3.8, 4) is 0 Å². The molecule has 1 saturated heterocycles. The highest BCUT2D eigenvalue weighted by Crippen LogP contribution is 2.17. The maximum Gasteiger partial charge on any atom is 0.191 e. The molecule has 2 unspecified atom stereocenters. The van der Waals surface area contributed by atoms with Crippen molar-refractivity contribution in [2.45, 2.75) is 78.8 Å². The molecule has 28 heavy (non-hydrogen) atoms. The molecule has 1 aliphatic rings. The van der Waals surface area contributed by atoms with E-state index in [4.69, 9.17) is 0 Å². The van der Waals surface area contributed by atoms with E-state index in [9.17, 15) is 0 Å². The number of hydrogen-bond donors (Lipinski definition) is 2. The van der Waals surface area contributed by atoms with E-state index in [0.29, 0.717) is 18.0 Å². The SMILES string of the molecule is CN=C(NCC(C(C)C)N1CCCCCC1)NC(C)Cc1c(C)nn(C)c1C. The molecular weight excluding hydrogens is 348 g/mol. The van der Waals surface area contributed by atoms with Gasteiger partial charge in [-0.25, -0.2) is 0 Å². The standard InChI is InChI=1S/C22H42N6/c1-16(2)21(28-12-10-8-9-11-13-28)15-24-22(23-6)25-17(3)14-20-18(4)26-27(7)19(20)5/h16-17,21H,8-15H2,1-7H3,(H2,23,24,25). The number of nitrogens with one attached hydrogen (secondary N) is 2. The van der Waals surface area contributed by atoms with Crippen molar-refractivity contribution in [3.05, 3.63) is 17.0 Å². The first-order valence-electron chi connectivity index (χ1n) is 11.0. The Labute approximate surface area is 172 Å². The Morgan fingerprint density at radius 1 is 1.11 bits per heavy atom. The molecule has 1 fully saturated rings. The summed E-state index contributed by atoms with van der Waals surface area (Å²) in [5, 5.41) is 11.7. The van der Waals surface area contributed by atoms with E-state index in [0.717, 1.165) is 24.6 Å². The molecule has 0 bridgehead atoms. The zero-order valence-corrected chi connectivity index (χ0v) is 19.2. The van der Waals surface area contributed by atoms with Gasteiger partial charge in [0.2, 0.25) is 0 Å². The topological polar surface area (TPSA) is 57.5 Å². The minimum atomic E-state index is 0.295. The van der Waals surface area contributed by atoms with Crippen LogP contribution in [0.3, 0.4) is 0 Å². The fourth-order valence-electron chi connectivity index (χ4n) is 4.31. The molecule has 2 heterocycles. The summed E-state index contributed by atoms with van der Waals surface area (Å²) in [5.41, 5.74) is 3.70. The molecule has 160 valence electrons. The first kappa shape index (κ1) is 22.7. The third-order valence-corrected chi connectivity index (χ3v) is 6.13. The molecule has 6 nitrogen and oxygen atoms in total. The summed E-state index contributed by atoms with van der Waals surface area (Å²) in [5.74, 6) is 1.52. The van der Waals surface area contributed by atoms with Crippen LogP contribution in [0.4, 0.5) is 0 Å². The normalized spacial score (nSPS) is 18.8. The summed E-state index contributed by atoms with van der Waals surface area (Å²) in [4.78, 5) is 7.15. The molecule has 1 aliphatic heterocycles. The fourth-order valence-corrected chi connectivity index (χ4v) is 4.31. The molecule has 0 radical (unpaired) electrons. The molecule has 0 spiro atoms. The van der Waals surface area contributed by atoms with Crippen molar-refractivity contribution in [2.24, 2.45) is 18.0 Å². The van der Waals surface area contributed by atoms with Crippen molar-refractivity contribution >= 4 is 5.96 Å². The maximum absolute atomic E-state index is 4.54. The first-order valence-corrected chi connectivity index (χ1v) is 11.0. The first-order chi connectivity index (χ1) is 13.3. The van der Waals surface area contributed by atoms with Crippen LogP contribution in [0.5, 0.6) is 0 Å². The van der Waals surface area contributed by atoms with E-state index >= 15 is 0 Å². The van der Waals surface area contributed by atoms with Crippen LogP contribution in [0.1, 0.15) is 63.4 Å². The van der Waals surface area contributed by atoms with E-state index in [1.807, 2.05) is 18.8 Å². The molecule has 1 aromatic heterocycles. The van der Waals surface area contributed by atoms with Crippen molar-refractivity contribution in [1.82, 2.24) is 25.3 Å². The van der Waals surface area contributed by atoms with Gasteiger partial charge < -0.3 is 10.6 Å². The Balaban J connectivity index is 1.91. The highest BCUT2D eigenvalue weighted by Gasteiger charge is 2.23. The van der Waals surface area contributed by atoms with Crippen LogP contribution in [0.25, 0.3) is 0 Å². The van der Waals surface area contributed by atoms with Crippen LogP contribution in [0.15, 0.2) is 4.99 Å². The summed E-state index contributed by atoms with van der Waals surface area (Å²) in [6, 6.07) is 0.846. The van der Waals surface area contributed by atoms with Crippen molar-refractivity contribution < 1.29 is 0 Å². The maximum atomic E-state index is 4.54. The predicted octanol–water partition coefficient (Wildman–Crippen LogP) is 3.03. The van der Waals surface area contributed by atoms with Crippen molar-refractivity contribution in [1.29, 1.82) is 0 Å². The van der Waals surface area contributed by atoms with Crippen molar-refractivity contribution in [2.75, 3.05) is 26.7 Å². The zero-order valence-electron chi connectivity index (χ0n) is 19.2. The van der Waals surface area contributed by atoms with Crippen LogP contribution < -0.4 is 10.6 Å². The number of aromatic nitrogens is 2. The number of guanidine groups is 1. The van der Waals surface area contributed by atoms with Crippen LogP contribution in [0.2, 0.25) is 0 Å². The van der Waals surface area contributed by atoms with Gasteiger partial charge in [0.25, 0.3) is 0 Å². The van der Waals surface area contributed by atoms with Crippen molar-refractivity contribution in [3.63, 3.8) is 0 Å². The van der Waals surface area contributed by atoms with Gasteiger partial charge >= 0.3 is 0 Å². The largest absolute Gasteiger partial charge is 0.355 e. The van der Waals surface area contributed by atoms with Gasteiger partial charge in [0.05, 0.1) is 5.69 Å². The van der Waals surface area contributed by atoms with E-state index in [1.54, 1.807) is 0 Å². The summed E-state index contributed by atoms with van der Waals surface area (Å²) >= 11 is 0. The van der Waals surface area contributed by atoms with Gasteiger partial charge in [0, 0.05) is 38.4 Å². The Hall–Kier alpha value is -1.56. The van der Waals surface area contributed by atoms with Crippen LogP contribution in [0, 0.1) is 19.8 Å². The Bertz CT molecular complexity index is 625. The smallest absolute Gasteiger partial charge is 0.191 e. The van der Waals surface area contributed by atoms with Crippen LogP contribution >= 0.6 is 0 Å². The lowest BCUT2D eigenvalue weighted by Gasteiger charge is -2.34. The molecule has 2 N–H and O–H groups in total. The number of nitrogens with zero attached hydrogens (tertiary/aromatic N) is 4. The minimum Gasteiger partial charge on any atom is -0.355 e. The quantitative estimate of drug-likeness (QED) is 0.555. The Morgan fingerprint density at radius 3 is 2.25 bits per heavy atom. The zero-order chi connectivity index (χ0) is 20.7. The van der Waals surface area contributed by atoms with E-state index in [1.165, 1.54) is 50.0 Å². The number of rotatable bonds is 7. The number of aliphatic imine (C=N–C) groups is 1. The summed E-state index contributed by atoms with van der Waals surface area (Å²) in [7, 11) is 3.87. The van der Waals surface area contributed by atoms with E-state index in [-0.39, 0.29) is 0 Å². The Morgan fingerprint density at radius 2 is 1.75 bits per heavy atom. The lowest BCUT2D eigenvalue weighted by Crippen LogP contribution is -2.51. The van der Waals surface area contributed by atoms with Crippen LogP contribution in [-0.2, 0) is 13.5 Å². The molecule has 2 atom stereocenters. The van der Waals surface area contributed by atoms with Gasteiger partial charge in [-0.3, -0.25) is 14.6 Å². The van der Waals surface area contributed by atoms with Gasteiger partial charge in [0.15, 0.2) is 5.96 Å². The molecule has 2 rings (SSSR count). The second-order valence-electron chi connectivity index (χ2n) is 8.74. The fraction of sp³-hybridized carbons (Fsp3) is 0.818. The third kappa shape index (κ3) is 6.23. The summed E-state index contributed by atoms with van der Waals surface area (Å²) < 4.78 is 1.97. The van der Waals surface area contributed by atoms with E-state index in [2.05, 4.69) is 60.2 Å². The number of likely N-dealkylation sites (tertiary alicyclic amines) is 1. The highest BCUT2D eigenvalue weighted by atomic mass is 15.3. The second-order valence-corrected chi connectivity index (χ2v) is 8.74. The summed E-state index contributed by atoms with van der Waals surface area (Å²) in [6.45, 7) is 14.5. The van der Waals surface area contributed by atoms with Gasteiger partial charge in [-0.2, -0.15) is 5.10 Å². The molecular formula is C22H42N6. The molecule has 1 aromatic rings. The second kappa shape index (κ2) is 10.8.